The summed E-state index contributed by atoms with van der Waals surface area (Å²) in [7, 11) is 0. The van der Waals surface area contributed by atoms with Gasteiger partial charge in [0.15, 0.2) is 0 Å². The van der Waals surface area contributed by atoms with Crippen molar-refractivity contribution in [3.8, 4) is 11.9 Å². The molecular formula is C21H21N5O. The van der Waals surface area contributed by atoms with Crippen molar-refractivity contribution >= 4 is 5.91 Å². The van der Waals surface area contributed by atoms with E-state index in [9.17, 15) is 4.79 Å². The standard InChI is InChI=1S/C21H21N5O/c1-21(2,3)26-19(24-9-4-5-10-24)17-13-25(14-18(17)23-26)20(27)16-8-6-7-15(11-16)12-22/h4-11H,13-14H2,1-3H3. The average Bonchev–Trinajstić information content (AvgIpc) is 3.35. The summed E-state index contributed by atoms with van der Waals surface area (Å²) in [4.78, 5) is 14.7. The first kappa shape index (κ1) is 17.1. The maximum atomic E-state index is 12.9. The molecule has 6 nitrogen and oxygen atoms in total. The van der Waals surface area contributed by atoms with E-state index in [1.165, 1.54) is 0 Å². The van der Waals surface area contributed by atoms with E-state index >= 15 is 0 Å². The van der Waals surface area contributed by atoms with Crippen molar-refractivity contribution in [1.29, 1.82) is 5.26 Å². The minimum Gasteiger partial charge on any atom is -0.328 e. The van der Waals surface area contributed by atoms with Gasteiger partial charge in [-0.3, -0.25) is 4.79 Å². The highest BCUT2D eigenvalue weighted by Gasteiger charge is 2.33. The normalized spacial score (nSPS) is 13.5. The third-order valence-electron chi connectivity index (χ3n) is 4.74. The Hall–Kier alpha value is -3.33. The maximum absolute atomic E-state index is 12.9. The molecule has 1 aromatic carbocycles. The first-order chi connectivity index (χ1) is 12.9. The molecule has 1 amide bonds. The van der Waals surface area contributed by atoms with Gasteiger partial charge in [-0.1, -0.05) is 6.07 Å². The number of carbonyl (C=O) groups is 1. The first-order valence-corrected chi connectivity index (χ1v) is 8.92. The van der Waals surface area contributed by atoms with Crippen LogP contribution in [0.25, 0.3) is 5.82 Å². The molecule has 0 aliphatic carbocycles. The number of amides is 1. The second kappa shape index (κ2) is 6.13. The Labute approximate surface area is 158 Å². The number of nitriles is 1. The average molecular weight is 359 g/mol. The zero-order valence-corrected chi connectivity index (χ0v) is 15.7. The van der Waals surface area contributed by atoms with E-state index < -0.39 is 0 Å². The van der Waals surface area contributed by atoms with Gasteiger partial charge in [0.1, 0.15) is 5.82 Å². The third kappa shape index (κ3) is 2.91. The monoisotopic (exact) mass is 359 g/mol. The van der Waals surface area contributed by atoms with E-state index in [1.807, 2.05) is 29.2 Å². The molecule has 0 N–H and O–H groups in total. The van der Waals surface area contributed by atoms with Crippen LogP contribution in [-0.2, 0) is 18.6 Å². The fraction of sp³-hybridized carbons (Fsp3) is 0.286. The zero-order valence-electron chi connectivity index (χ0n) is 15.7. The van der Waals surface area contributed by atoms with Crippen LogP contribution in [0.15, 0.2) is 48.8 Å². The van der Waals surface area contributed by atoms with Gasteiger partial charge in [0.05, 0.1) is 36.0 Å². The van der Waals surface area contributed by atoms with Crippen molar-refractivity contribution in [2.24, 2.45) is 0 Å². The lowest BCUT2D eigenvalue weighted by Crippen LogP contribution is -2.29. The van der Waals surface area contributed by atoms with E-state index in [2.05, 4.69) is 31.4 Å². The van der Waals surface area contributed by atoms with Gasteiger partial charge in [0.2, 0.25) is 0 Å². The highest BCUT2D eigenvalue weighted by Crippen LogP contribution is 2.32. The molecule has 1 aliphatic rings. The summed E-state index contributed by atoms with van der Waals surface area (Å²) >= 11 is 0. The molecule has 3 heterocycles. The van der Waals surface area contributed by atoms with E-state index in [0.717, 1.165) is 17.1 Å². The second-order valence-corrected chi connectivity index (χ2v) is 7.78. The number of rotatable bonds is 2. The number of fused-ring (bicyclic) bond motifs is 1. The molecule has 0 bridgehead atoms. The number of hydrogen-bond donors (Lipinski definition) is 0. The minimum atomic E-state index is -0.167. The number of nitrogens with zero attached hydrogens (tertiary/aromatic N) is 5. The Morgan fingerprint density at radius 2 is 1.89 bits per heavy atom. The quantitative estimate of drug-likeness (QED) is 0.704. The summed E-state index contributed by atoms with van der Waals surface area (Å²) in [5.74, 6) is 0.925. The van der Waals surface area contributed by atoms with Gasteiger partial charge in [-0.05, 0) is 51.1 Å². The number of benzene rings is 1. The SMILES string of the molecule is CC(C)(C)n1nc2c(c1-n1cccc1)CN(C(=O)c1cccc(C#N)c1)C2. The fourth-order valence-corrected chi connectivity index (χ4v) is 3.46. The topological polar surface area (TPSA) is 66.8 Å². The summed E-state index contributed by atoms with van der Waals surface area (Å²) in [5.41, 5.74) is 2.86. The molecule has 136 valence electrons. The number of aromatic nitrogens is 3. The predicted octanol–water partition coefficient (Wildman–Crippen LogP) is 3.46. The summed E-state index contributed by atoms with van der Waals surface area (Å²) in [6, 6.07) is 12.9. The van der Waals surface area contributed by atoms with Gasteiger partial charge in [0.25, 0.3) is 5.91 Å². The van der Waals surface area contributed by atoms with E-state index in [1.54, 1.807) is 29.2 Å². The van der Waals surface area contributed by atoms with Crippen LogP contribution in [0.3, 0.4) is 0 Å². The second-order valence-electron chi connectivity index (χ2n) is 7.78. The Kier molecular flexibility index (Phi) is 3.88. The van der Waals surface area contributed by atoms with Crippen molar-refractivity contribution in [2.75, 3.05) is 0 Å². The third-order valence-corrected chi connectivity index (χ3v) is 4.74. The van der Waals surface area contributed by atoms with Crippen LogP contribution in [0, 0.1) is 11.3 Å². The molecule has 27 heavy (non-hydrogen) atoms. The van der Waals surface area contributed by atoms with Crippen molar-refractivity contribution in [1.82, 2.24) is 19.2 Å². The lowest BCUT2D eigenvalue weighted by Gasteiger charge is -2.24. The zero-order chi connectivity index (χ0) is 19.2. The van der Waals surface area contributed by atoms with Crippen LogP contribution in [0.4, 0.5) is 0 Å². The first-order valence-electron chi connectivity index (χ1n) is 8.92. The minimum absolute atomic E-state index is 0.0779. The molecule has 0 fully saturated rings. The molecule has 0 radical (unpaired) electrons. The Balaban J connectivity index is 1.70. The maximum Gasteiger partial charge on any atom is 0.254 e. The summed E-state index contributed by atoms with van der Waals surface area (Å²) in [5, 5.41) is 13.9. The van der Waals surface area contributed by atoms with Crippen LogP contribution < -0.4 is 0 Å². The summed E-state index contributed by atoms with van der Waals surface area (Å²) in [6.07, 6.45) is 4.00. The molecule has 0 saturated heterocycles. The van der Waals surface area contributed by atoms with E-state index in [4.69, 9.17) is 10.4 Å². The number of hydrogen-bond acceptors (Lipinski definition) is 3. The molecule has 2 aromatic heterocycles. The molecule has 0 spiro atoms. The lowest BCUT2D eigenvalue weighted by molar-refractivity contribution is 0.0748. The Morgan fingerprint density at radius 1 is 1.15 bits per heavy atom. The van der Waals surface area contributed by atoms with E-state index in [-0.39, 0.29) is 11.4 Å². The van der Waals surface area contributed by atoms with Gasteiger partial charge in [-0.15, -0.1) is 0 Å². The molecule has 6 heteroatoms. The Bertz CT molecular complexity index is 1050. The highest BCUT2D eigenvalue weighted by atomic mass is 16.2. The van der Waals surface area contributed by atoms with Crippen LogP contribution in [0.5, 0.6) is 0 Å². The molecule has 3 aromatic rings. The highest BCUT2D eigenvalue weighted by molar-refractivity contribution is 5.95. The summed E-state index contributed by atoms with van der Waals surface area (Å²) < 4.78 is 4.09. The van der Waals surface area contributed by atoms with Crippen molar-refractivity contribution in [3.05, 3.63) is 71.2 Å². The van der Waals surface area contributed by atoms with Crippen LogP contribution >= 0.6 is 0 Å². The van der Waals surface area contributed by atoms with Gasteiger partial charge < -0.3 is 9.47 Å². The van der Waals surface area contributed by atoms with Gasteiger partial charge >= 0.3 is 0 Å². The van der Waals surface area contributed by atoms with Crippen LogP contribution in [0.1, 0.15) is 48.0 Å². The van der Waals surface area contributed by atoms with E-state index in [0.29, 0.717) is 24.2 Å². The van der Waals surface area contributed by atoms with Crippen molar-refractivity contribution < 1.29 is 4.79 Å². The largest absolute Gasteiger partial charge is 0.328 e. The fourth-order valence-electron chi connectivity index (χ4n) is 3.46. The van der Waals surface area contributed by atoms with Gasteiger partial charge in [0, 0.05) is 23.5 Å². The molecule has 4 rings (SSSR count). The summed E-state index contributed by atoms with van der Waals surface area (Å²) in [6.45, 7) is 7.35. The van der Waals surface area contributed by atoms with Crippen molar-refractivity contribution in [3.63, 3.8) is 0 Å². The number of carbonyl (C=O) groups excluding carboxylic acids is 1. The molecular weight excluding hydrogens is 338 g/mol. The lowest BCUT2D eigenvalue weighted by atomic mass is 10.1. The molecule has 0 saturated carbocycles. The van der Waals surface area contributed by atoms with Crippen molar-refractivity contribution in [2.45, 2.75) is 39.4 Å². The molecule has 0 unspecified atom stereocenters. The van der Waals surface area contributed by atoms with Gasteiger partial charge in [-0.2, -0.15) is 10.4 Å². The van der Waals surface area contributed by atoms with Crippen LogP contribution in [0.2, 0.25) is 0 Å². The molecule has 1 aliphatic heterocycles. The van der Waals surface area contributed by atoms with Gasteiger partial charge in [-0.25, -0.2) is 4.68 Å². The predicted molar refractivity (Wildman–Crippen MR) is 101 cm³/mol. The van der Waals surface area contributed by atoms with Crippen LogP contribution in [-0.4, -0.2) is 25.2 Å². The molecule has 0 atom stereocenters. The Morgan fingerprint density at radius 3 is 2.56 bits per heavy atom. The smallest absolute Gasteiger partial charge is 0.254 e.